The van der Waals surface area contributed by atoms with Crippen LogP contribution in [0.1, 0.15) is 29.0 Å². The van der Waals surface area contributed by atoms with Gasteiger partial charge in [-0.05, 0) is 41.8 Å². The van der Waals surface area contributed by atoms with Gasteiger partial charge in [0.15, 0.2) is 0 Å². The summed E-state index contributed by atoms with van der Waals surface area (Å²) in [6.45, 7) is 3.36. The van der Waals surface area contributed by atoms with E-state index in [1.165, 1.54) is 36.1 Å². The predicted molar refractivity (Wildman–Crippen MR) is 93.1 cm³/mol. The van der Waals surface area contributed by atoms with Gasteiger partial charge < -0.3 is 0 Å². The lowest BCUT2D eigenvalue weighted by Gasteiger charge is -2.26. The maximum absolute atomic E-state index is 4.58. The number of hydrogen-bond donors (Lipinski definition) is 1. The Morgan fingerprint density at radius 2 is 1.67 bits per heavy atom. The fourth-order valence-corrected chi connectivity index (χ4v) is 3.56. The monoisotopic (exact) mass is 297 g/mol. The van der Waals surface area contributed by atoms with Crippen LogP contribution < -0.4 is 0 Å². The number of thiol groups is 1. The Morgan fingerprint density at radius 1 is 0.952 bits per heavy atom. The molecular weight excluding hydrogens is 274 g/mol. The molecule has 3 rings (SSSR count). The predicted octanol–water partition coefficient (Wildman–Crippen LogP) is 4.15. The van der Waals surface area contributed by atoms with Gasteiger partial charge in [-0.3, -0.25) is 4.90 Å². The van der Waals surface area contributed by atoms with E-state index in [0.717, 1.165) is 18.8 Å². The van der Waals surface area contributed by atoms with Gasteiger partial charge >= 0.3 is 0 Å². The summed E-state index contributed by atoms with van der Waals surface area (Å²) >= 11 is 4.58. The van der Waals surface area contributed by atoms with Gasteiger partial charge in [0.1, 0.15) is 0 Å². The molecule has 2 heteroatoms. The Morgan fingerprint density at radius 3 is 2.43 bits per heavy atom. The molecule has 0 spiro atoms. The lowest BCUT2D eigenvalue weighted by Crippen LogP contribution is -2.29. The highest BCUT2D eigenvalue weighted by molar-refractivity contribution is 7.80. The lowest BCUT2D eigenvalue weighted by molar-refractivity contribution is 0.257. The van der Waals surface area contributed by atoms with Crippen LogP contribution in [0.5, 0.6) is 0 Å². The van der Waals surface area contributed by atoms with Gasteiger partial charge in [0.05, 0.1) is 0 Å². The summed E-state index contributed by atoms with van der Waals surface area (Å²) in [6, 6.07) is 19.7. The van der Waals surface area contributed by atoms with Crippen LogP contribution in [0.4, 0.5) is 0 Å². The lowest BCUT2D eigenvalue weighted by atomic mass is 10.00. The molecule has 110 valence electrons. The van der Waals surface area contributed by atoms with Crippen molar-refractivity contribution in [2.45, 2.75) is 25.3 Å². The van der Waals surface area contributed by atoms with E-state index >= 15 is 0 Å². The number of fused-ring (bicyclic) bond motifs is 1. The molecule has 0 fully saturated rings. The van der Waals surface area contributed by atoms with E-state index in [1.807, 2.05) is 0 Å². The van der Waals surface area contributed by atoms with E-state index in [-0.39, 0.29) is 0 Å². The minimum Gasteiger partial charge on any atom is -0.298 e. The summed E-state index contributed by atoms with van der Waals surface area (Å²) in [5, 5.41) is 0. The molecular formula is C19H23NS. The summed E-state index contributed by atoms with van der Waals surface area (Å²) in [7, 11) is 0. The molecule has 2 aromatic rings. The summed E-state index contributed by atoms with van der Waals surface area (Å²) in [5.41, 5.74) is 4.44. The van der Waals surface area contributed by atoms with Crippen LogP contribution >= 0.6 is 12.6 Å². The van der Waals surface area contributed by atoms with E-state index in [2.05, 4.69) is 72.1 Å². The third-order valence-electron chi connectivity index (χ3n) is 4.40. The maximum Gasteiger partial charge on any atom is 0.0236 e. The Balaban J connectivity index is 1.72. The van der Waals surface area contributed by atoms with Crippen LogP contribution in [0, 0.1) is 0 Å². The molecule has 0 N–H and O–H groups in total. The third-order valence-corrected chi connectivity index (χ3v) is 4.84. The van der Waals surface area contributed by atoms with Crippen LogP contribution in [-0.2, 0) is 13.0 Å². The topological polar surface area (TPSA) is 3.24 Å². The minimum absolute atomic E-state index is 0.514. The second kappa shape index (κ2) is 7.15. The van der Waals surface area contributed by atoms with Crippen molar-refractivity contribution >= 4 is 12.6 Å². The van der Waals surface area contributed by atoms with Crippen molar-refractivity contribution in [2.75, 3.05) is 18.8 Å². The second-order valence-corrected chi connectivity index (χ2v) is 6.26. The maximum atomic E-state index is 4.58. The molecule has 1 unspecified atom stereocenters. The Hall–Kier alpha value is -1.25. The first-order valence-electron chi connectivity index (χ1n) is 7.82. The van der Waals surface area contributed by atoms with Crippen molar-refractivity contribution < 1.29 is 0 Å². The zero-order valence-electron chi connectivity index (χ0n) is 12.4. The number of hydrogen-bond acceptors (Lipinski definition) is 2. The van der Waals surface area contributed by atoms with E-state index in [9.17, 15) is 0 Å². The summed E-state index contributed by atoms with van der Waals surface area (Å²) in [4.78, 5) is 2.60. The molecule has 1 atom stereocenters. The average Bonchev–Trinajstić information content (AvgIpc) is 2.75. The highest BCUT2D eigenvalue weighted by Gasteiger charge is 2.18. The van der Waals surface area contributed by atoms with E-state index in [4.69, 9.17) is 0 Å². The fourth-order valence-electron chi connectivity index (χ4n) is 3.23. The third kappa shape index (κ3) is 3.69. The highest BCUT2D eigenvalue weighted by Crippen LogP contribution is 2.23. The van der Waals surface area contributed by atoms with Crippen LogP contribution in [0.3, 0.4) is 0 Å². The Kier molecular flexibility index (Phi) is 5.00. The van der Waals surface area contributed by atoms with Crippen LogP contribution in [-0.4, -0.2) is 23.7 Å². The minimum atomic E-state index is 0.514. The first-order chi connectivity index (χ1) is 10.4. The van der Waals surface area contributed by atoms with Crippen LogP contribution in [0.2, 0.25) is 0 Å². The van der Waals surface area contributed by atoms with Crippen molar-refractivity contribution in [3.63, 3.8) is 0 Å². The van der Waals surface area contributed by atoms with Crippen LogP contribution in [0.25, 0.3) is 0 Å². The highest BCUT2D eigenvalue weighted by atomic mass is 32.1. The molecule has 0 aliphatic carbocycles. The first-order valence-corrected chi connectivity index (χ1v) is 8.45. The number of nitrogens with zero attached hydrogens (tertiary/aromatic N) is 1. The van der Waals surface area contributed by atoms with Gasteiger partial charge in [-0.25, -0.2) is 0 Å². The molecule has 0 saturated heterocycles. The van der Waals surface area contributed by atoms with Gasteiger partial charge in [0, 0.05) is 19.0 Å². The number of benzene rings is 2. The normalized spacial score (nSPS) is 17.0. The molecule has 0 bridgehead atoms. The number of rotatable bonds is 4. The average molecular weight is 297 g/mol. The van der Waals surface area contributed by atoms with Crippen molar-refractivity contribution in [3.8, 4) is 0 Å². The first kappa shape index (κ1) is 14.7. The number of aryl methyl sites for hydroxylation is 1. The van der Waals surface area contributed by atoms with E-state index in [1.54, 1.807) is 0 Å². The van der Waals surface area contributed by atoms with Gasteiger partial charge in [-0.15, -0.1) is 0 Å². The molecule has 1 aliphatic heterocycles. The largest absolute Gasteiger partial charge is 0.298 e. The molecule has 2 aromatic carbocycles. The molecule has 0 radical (unpaired) electrons. The summed E-state index contributed by atoms with van der Waals surface area (Å²) in [5.74, 6) is 1.42. The van der Waals surface area contributed by atoms with E-state index in [0.29, 0.717) is 5.92 Å². The standard InChI is InChI=1S/C19H23NS/c21-15-19(17-7-2-1-3-8-17)14-20-12-6-11-16-9-4-5-10-18(16)13-20/h1-5,7-10,19,21H,6,11-15H2. The van der Waals surface area contributed by atoms with Crippen molar-refractivity contribution in [1.82, 2.24) is 4.90 Å². The molecule has 1 aliphatic rings. The van der Waals surface area contributed by atoms with Gasteiger partial charge in [0.25, 0.3) is 0 Å². The molecule has 0 amide bonds. The molecule has 0 aromatic heterocycles. The molecule has 21 heavy (non-hydrogen) atoms. The van der Waals surface area contributed by atoms with Crippen molar-refractivity contribution in [3.05, 3.63) is 71.3 Å². The molecule has 1 nitrogen and oxygen atoms in total. The fraction of sp³-hybridized carbons (Fsp3) is 0.368. The SMILES string of the molecule is SCC(CN1CCCc2ccccc2C1)c1ccccc1. The van der Waals surface area contributed by atoms with Crippen molar-refractivity contribution in [2.24, 2.45) is 0 Å². The Labute approximate surface area is 133 Å². The zero-order chi connectivity index (χ0) is 14.5. The van der Waals surface area contributed by atoms with E-state index < -0.39 is 0 Å². The van der Waals surface area contributed by atoms with Crippen molar-refractivity contribution in [1.29, 1.82) is 0 Å². The summed E-state index contributed by atoms with van der Waals surface area (Å²) < 4.78 is 0. The van der Waals surface area contributed by atoms with Gasteiger partial charge in [-0.1, -0.05) is 54.6 Å². The van der Waals surface area contributed by atoms with Crippen LogP contribution in [0.15, 0.2) is 54.6 Å². The Bertz CT molecular complexity index is 567. The zero-order valence-corrected chi connectivity index (χ0v) is 13.3. The summed E-state index contributed by atoms with van der Waals surface area (Å²) in [6.07, 6.45) is 2.47. The van der Waals surface area contributed by atoms with Gasteiger partial charge in [0.2, 0.25) is 0 Å². The molecule has 1 heterocycles. The quantitative estimate of drug-likeness (QED) is 0.830. The second-order valence-electron chi connectivity index (χ2n) is 5.90. The molecule has 0 saturated carbocycles. The smallest absolute Gasteiger partial charge is 0.0236 e. The van der Waals surface area contributed by atoms with Gasteiger partial charge in [-0.2, -0.15) is 12.6 Å².